The van der Waals surface area contributed by atoms with Crippen molar-refractivity contribution in [3.05, 3.63) is 59.2 Å². The summed E-state index contributed by atoms with van der Waals surface area (Å²) in [7, 11) is 3.45. The highest BCUT2D eigenvalue weighted by molar-refractivity contribution is 5.88. The molecule has 1 amide bonds. The lowest BCUT2D eigenvalue weighted by atomic mass is 9.62. The molecule has 0 radical (unpaired) electrons. The highest BCUT2D eigenvalue weighted by Gasteiger charge is 2.64. The second-order valence-electron chi connectivity index (χ2n) is 9.78. The molecule has 2 aliphatic heterocycles. The summed E-state index contributed by atoms with van der Waals surface area (Å²) in [5.74, 6) is -2.69. The maximum Gasteiger partial charge on any atom is 0.430 e. The summed E-state index contributed by atoms with van der Waals surface area (Å²) in [6.07, 6.45) is -3.56. The molecule has 6 nitrogen and oxygen atoms in total. The van der Waals surface area contributed by atoms with Gasteiger partial charge in [-0.2, -0.15) is 13.2 Å². The molecular weight excluding hydrogens is 511 g/mol. The van der Waals surface area contributed by atoms with Gasteiger partial charge in [0.2, 0.25) is 0 Å². The highest BCUT2D eigenvalue weighted by Crippen LogP contribution is 2.52. The van der Waals surface area contributed by atoms with Gasteiger partial charge in [0.05, 0.1) is 14.2 Å². The number of likely N-dealkylation sites (tertiary alicyclic amines) is 1. The molecule has 2 aromatic rings. The molecule has 2 fully saturated rings. The Morgan fingerprint density at radius 3 is 2.24 bits per heavy atom. The molecule has 38 heavy (non-hydrogen) atoms. The van der Waals surface area contributed by atoms with E-state index >= 15 is 0 Å². The zero-order valence-electron chi connectivity index (χ0n) is 21.5. The number of amides is 1. The Morgan fingerprint density at radius 2 is 1.66 bits per heavy atom. The molecule has 2 unspecified atom stereocenters. The number of carbonyl (C=O) groups excluding carboxylic acids is 1. The van der Waals surface area contributed by atoms with Gasteiger partial charge in [-0.15, -0.1) is 0 Å². The average Bonchev–Trinajstić information content (AvgIpc) is 2.89. The number of carbonyl (C=O) groups is 1. The van der Waals surface area contributed by atoms with E-state index in [0.29, 0.717) is 37.7 Å². The van der Waals surface area contributed by atoms with Crippen molar-refractivity contribution in [2.75, 3.05) is 47.5 Å². The van der Waals surface area contributed by atoms with Gasteiger partial charge in [-0.3, -0.25) is 4.79 Å². The molecule has 0 aliphatic carbocycles. The van der Waals surface area contributed by atoms with E-state index in [-0.39, 0.29) is 30.2 Å². The molecule has 0 saturated carbocycles. The second kappa shape index (κ2) is 10.7. The molecule has 4 rings (SSSR count). The van der Waals surface area contributed by atoms with E-state index in [1.165, 1.54) is 26.4 Å². The molecule has 2 aromatic carbocycles. The molecule has 2 heterocycles. The Labute approximate surface area is 218 Å². The summed E-state index contributed by atoms with van der Waals surface area (Å²) < 4.78 is 87.1. The topological polar surface area (TPSA) is 60.0 Å². The number of piperidine rings is 2. The van der Waals surface area contributed by atoms with Gasteiger partial charge in [-0.1, -0.05) is 12.1 Å². The molecule has 0 bridgehead atoms. The Morgan fingerprint density at radius 1 is 0.974 bits per heavy atom. The van der Waals surface area contributed by atoms with E-state index in [1.54, 1.807) is 6.07 Å². The number of hydrogen-bond acceptors (Lipinski definition) is 5. The van der Waals surface area contributed by atoms with Crippen molar-refractivity contribution >= 4 is 5.91 Å². The summed E-state index contributed by atoms with van der Waals surface area (Å²) in [6.45, 7) is 1.41. The number of alkyl halides is 3. The summed E-state index contributed by atoms with van der Waals surface area (Å²) in [4.78, 5) is 14.7. The molecule has 0 aromatic heterocycles. The van der Waals surface area contributed by atoms with Gasteiger partial charge in [0.25, 0.3) is 11.5 Å². The summed E-state index contributed by atoms with van der Waals surface area (Å²) in [6, 6.07) is 7.03. The first kappa shape index (κ1) is 28.1. The SMILES string of the molecule is COc1ccc(C(OC)(C(=O)N2CCC3(CCNCC3c3ccc(F)cc3OC)CC2)C(F)(F)F)cc1F. The normalized spacial score (nSPS) is 21.2. The van der Waals surface area contributed by atoms with Crippen LogP contribution in [0.2, 0.25) is 0 Å². The number of nitrogens with zero attached hydrogens (tertiary/aromatic N) is 1. The van der Waals surface area contributed by atoms with E-state index < -0.39 is 34.9 Å². The van der Waals surface area contributed by atoms with Crippen LogP contribution < -0.4 is 14.8 Å². The number of rotatable bonds is 6. The molecule has 2 aliphatic rings. The number of hydrogen-bond donors (Lipinski definition) is 1. The van der Waals surface area contributed by atoms with Gasteiger partial charge >= 0.3 is 6.18 Å². The third-order valence-electron chi connectivity index (χ3n) is 8.07. The van der Waals surface area contributed by atoms with Gasteiger partial charge in [-0.25, -0.2) is 8.78 Å². The Balaban J connectivity index is 1.64. The van der Waals surface area contributed by atoms with Crippen molar-refractivity contribution < 1.29 is 41.0 Å². The Kier molecular flexibility index (Phi) is 7.90. The lowest BCUT2D eigenvalue weighted by Gasteiger charge is -2.51. The van der Waals surface area contributed by atoms with Crippen LogP contribution in [0.5, 0.6) is 11.5 Å². The summed E-state index contributed by atoms with van der Waals surface area (Å²) in [5, 5.41) is 3.35. The van der Waals surface area contributed by atoms with Crippen molar-refractivity contribution in [2.24, 2.45) is 5.41 Å². The van der Waals surface area contributed by atoms with Crippen LogP contribution in [-0.4, -0.2) is 64.5 Å². The third-order valence-corrected chi connectivity index (χ3v) is 8.07. The molecular formula is C27H31F5N2O4. The average molecular weight is 543 g/mol. The lowest BCUT2D eigenvalue weighted by Crippen LogP contribution is -2.59. The molecule has 11 heteroatoms. The van der Waals surface area contributed by atoms with E-state index in [9.17, 15) is 26.7 Å². The van der Waals surface area contributed by atoms with Crippen LogP contribution in [0.1, 0.15) is 36.3 Å². The van der Waals surface area contributed by atoms with Gasteiger partial charge in [-0.05, 0) is 55.0 Å². The smallest absolute Gasteiger partial charge is 0.430 e. The standard InChI is InChI=1S/C27H31F5N2O4/c1-36-22-7-4-17(14-21(22)29)26(38-3,27(30,31)32)24(35)34-12-9-25(10-13-34)8-11-33-16-20(25)19-6-5-18(28)15-23(19)37-2/h4-7,14-15,20,33H,8-13,16H2,1-3H3. The van der Waals surface area contributed by atoms with Gasteiger partial charge in [0.1, 0.15) is 11.6 Å². The summed E-state index contributed by atoms with van der Waals surface area (Å²) in [5.41, 5.74) is -3.55. The zero-order valence-corrected chi connectivity index (χ0v) is 21.5. The highest BCUT2D eigenvalue weighted by atomic mass is 19.4. The monoisotopic (exact) mass is 542 g/mol. The predicted molar refractivity (Wildman–Crippen MR) is 129 cm³/mol. The second-order valence-corrected chi connectivity index (χ2v) is 9.78. The Hall–Kier alpha value is -2.92. The fourth-order valence-electron chi connectivity index (χ4n) is 5.98. The van der Waals surface area contributed by atoms with Crippen molar-refractivity contribution in [3.63, 3.8) is 0 Å². The fraction of sp³-hybridized carbons (Fsp3) is 0.519. The van der Waals surface area contributed by atoms with E-state index in [1.807, 2.05) is 0 Å². The minimum atomic E-state index is -5.16. The van der Waals surface area contributed by atoms with Crippen molar-refractivity contribution in [2.45, 2.75) is 37.0 Å². The Bertz CT molecular complexity index is 1170. The van der Waals surface area contributed by atoms with Crippen molar-refractivity contribution in [1.82, 2.24) is 10.2 Å². The predicted octanol–water partition coefficient (Wildman–Crippen LogP) is 4.77. The van der Waals surface area contributed by atoms with Crippen LogP contribution in [0.25, 0.3) is 0 Å². The molecule has 1 N–H and O–H groups in total. The third kappa shape index (κ3) is 4.70. The first-order valence-corrected chi connectivity index (χ1v) is 12.3. The first-order chi connectivity index (χ1) is 18.0. The van der Waals surface area contributed by atoms with E-state index in [4.69, 9.17) is 14.2 Å². The molecule has 2 saturated heterocycles. The maximum absolute atomic E-state index is 14.5. The minimum Gasteiger partial charge on any atom is -0.496 e. The van der Waals surface area contributed by atoms with Crippen LogP contribution in [0.4, 0.5) is 22.0 Å². The molecule has 208 valence electrons. The minimum absolute atomic E-state index is 0.0542. The van der Waals surface area contributed by atoms with Crippen LogP contribution >= 0.6 is 0 Å². The van der Waals surface area contributed by atoms with Crippen LogP contribution in [0.15, 0.2) is 36.4 Å². The zero-order chi connectivity index (χ0) is 27.7. The number of benzene rings is 2. The number of nitrogens with one attached hydrogen (secondary N) is 1. The molecule has 1 spiro atoms. The van der Waals surface area contributed by atoms with Gasteiger partial charge < -0.3 is 24.4 Å². The van der Waals surface area contributed by atoms with Gasteiger partial charge in [0, 0.05) is 44.3 Å². The van der Waals surface area contributed by atoms with Crippen molar-refractivity contribution in [3.8, 4) is 11.5 Å². The summed E-state index contributed by atoms with van der Waals surface area (Å²) >= 11 is 0. The number of methoxy groups -OCH3 is 3. The van der Waals surface area contributed by atoms with Crippen LogP contribution in [0, 0.1) is 17.0 Å². The fourth-order valence-corrected chi connectivity index (χ4v) is 5.98. The largest absolute Gasteiger partial charge is 0.496 e. The maximum atomic E-state index is 14.5. The van der Waals surface area contributed by atoms with Crippen LogP contribution in [-0.2, 0) is 15.1 Å². The van der Waals surface area contributed by atoms with E-state index in [0.717, 1.165) is 36.1 Å². The van der Waals surface area contributed by atoms with Crippen LogP contribution in [0.3, 0.4) is 0 Å². The van der Waals surface area contributed by atoms with E-state index in [2.05, 4.69) is 5.32 Å². The lowest BCUT2D eigenvalue weighted by molar-refractivity contribution is -0.271. The van der Waals surface area contributed by atoms with Gasteiger partial charge in [0.15, 0.2) is 11.6 Å². The number of halogens is 5. The number of ether oxygens (including phenoxy) is 3. The quantitative estimate of drug-likeness (QED) is 0.533. The van der Waals surface area contributed by atoms with Crippen molar-refractivity contribution in [1.29, 1.82) is 0 Å². The first-order valence-electron chi connectivity index (χ1n) is 12.3. The molecule has 2 atom stereocenters.